The van der Waals surface area contributed by atoms with E-state index in [4.69, 9.17) is 5.73 Å². The van der Waals surface area contributed by atoms with Gasteiger partial charge in [-0.15, -0.1) is 0 Å². The highest BCUT2D eigenvalue weighted by Crippen LogP contribution is 2.23. The lowest BCUT2D eigenvalue weighted by Gasteiger charge is -2.20. The molecule has 0 saturated heterocycles. The quantitative estimate of drug-likeness (QED) is 0.634. The van der Waals surface area contributed by atoms with Crippen molar-refractivity contribution in [3.05, 3.63) is 89.5 Å². The summed E-state index contributed by atoms with van der Waals surface area (Å²) in [6.07, 6.45) is 0. The highest BCUT2D eigenvalue weighted by molar-refractivity contribution is 7.92. The van der Waals surface area contributed by atoms with Gasteiger partial charge in [-0.2, -0.15) is 0 Å². The lowest BCUT2D eigenvalue weighted by atomic mass is 10.1. The van der Waals surface area contributed by atoms with Crippen molar-refractivity contribution in [2.75, 3.05) is 16.7 Å². The third-order valence-corrected chi connectivity index (χ3v) is 6.40. The summed E-state index contributed by atoms with van der Waals surface area (Å²) in [4.78, 5) is 23.7. The highest BCUT2D eigenvalue weighted by atomic mass is 32.2. The fourth-order valence-corrected chi connectivity index (χ4v) is 3.95. The van der Waals surface area contributed by atoms with Crippen LogP contribution in [0.4, 0.5) is 11.4 Å². The Morgan fingerprint density at radius 1 is 0.833 bits per heavy atom. The molecule has 0 aliphatic carbocycles. The second-order valence-corrected chi connectivity index (χ2v) is 8.70. The number of aryl methyl sites for hydroxylation is 1. The Morgan fingerprint density at radius 3 is 1.90 bits per heavy atom. The largest absolute Gasteiger partial charge is 0.366 e. The van der Waals surface area contributed by atoms with E-state index in [0.717, 1.165) is 5.56 Å². The molecule has 0 heterocycles. The van der Waals surface area contributed by atoms with Crippen LogP contribution in [0, 0.1) is 6.92 Å². The number of primary amides is 1. The molecule has 0 unspecified atom stereocenters. The Labute approximate surface area is 175 Å². The number of carbonyl (C=O) groups is 2. The van der Waals surface area contributed by atoms with Gasteiger partial charge in [0.15, 0.2) is 0 Å². The van der Waals surface area contributed by atoms with Crippen molar-refractivity contribution in [1.82, 2.24) is 0 Å². The Hall–Kier alpha value is -3.65. The maximum absolute atomic E-state index is 12.8. The van der Waals surface area contributed by atoms with E-state index in [-0.39, 0.29) is 10.8 Å². The van der Waals surface area contributed by atoms with Crippen LogP contribution in [0.25, 0.3) is 0 Å². The molecule has 0 saturated carbocycles. The van der Waals surface area contributed by atoms with Crippen LogP contribution in [-0.4, -0.2) is 27.3 Å². The van der Waals surface area contributed by atoms with Crippen LogP contribution in [-0.2, 0) is 10.0 Å². The number of benzene rings is 3. The predicted molar refractivity (Wildman–Crippen MR) is 116 cm³/mol. The van der Waals surface area contributed by atoms with E-state index < -0.39 is 15.9 Å². The van der Waals surface area contributed by atoms with Crippen LogP contribution < -0.4 is 15.4 Å². The lowest BCUT2D eigenvalue weighted by molar-refractivity contribution is 0.0998. The summed E-state index contributed by atoms with van der Waals surface area (Å²) in [6, 6.07) is 19.0. The van der Waals surface area contributed by atoms with E-state index in [9.17, 15) is 18.0 Å². The molecule has 3 N–H and O–H groups in total. The number of nitrogens with zero attached hydrogens (tertiary/aromatic N) is 1. The van der Waals surface area contributed by atoms with E-state index in [1.807, 2.05) is 6.92 Å². The minimum Gasteiger partial charge on any atom is -0.366 e. The zero-order valence-corrected chi connectivity index (χ0v) is 17.3. The van der Waals surface area contributed by atoms with Crippen LogP contribution in [0.5, 0.6) is 0 Å². The summed E-state index contributed by atoms with van der Waals surface area (Å²) in [6.45, 7) is 1.88. The van der Waals surface area contributed by atoms with Crippen LogP contribution in [0.1, 0.15) is 26.3 Å². The number of nitrogens with one attached hydrogen (secondary N) is 1. The second kappa shape index (κ2) is 8.38. The highest BCUT2D eigenvalue weighted by Gasteiger charge is 2.21. The van der Waals surface area contributed by atoms with Gasteiger partial charge in [-0.25, -0.2) is 8.42 Å². The Bertz CT molecular complexity index is 1170. The number of amides is 2. The van der Waals surface area contributed by atoms with Gasteiger partial charge in [0.2, 0.25) is 5.91 Å². The normalized spacial score (nSPS) is 11.0. The first kappa shape index (κ1) is 21.1. The van der Waals surface area contributed by atoms with Gasteiger partial charge in [0, 0.05) is 23.9 Å². The van der Waals surface area contributed by atoms with Crippen molar-refractivity contribution in [2.24, 2.45) is 5.73 Å². The number of anilines is 2. The van der Waals surface area contributed by atoms with Gasteiger partial charge in [-0.1, -0.05) is 17.7 Å². The lowest BCUT2D eigenvalue weighted by Crippen LogP contribution is -2.26. The Balaban J connectivity index is 1.74. The maximum atomic E-state index is 12.8. The zero-order chi connectivity index (χ0) is 21.9. The van der Waals surface area contributed by atoms with E-state index in [1.54, 1.807) is 60.7 Å². The molecule has 3 aromatic carbocycles. The zero-order valence-electron chi connectivity index (χ0n) is 16.5. The second-order valence-electron chi connectivity index (χ2n) is 6.73. The number of hydrogen-bond donors (Lipinski definition) is 2. The summed E-state index contributed by atoms with van der Waals surface area (Å²) in [5.74, 6) is -0.911. The molecule has 154 valence electrons. The standard InChI is InChI=1S/C22H21N3O4S/c1-15-3-13-20(14-4-15)30(28,29)25(2)19-11-7-17(8-12-19)22(27)24-18-9-5-16(6-10-18)21(23)26/h3-14H,1-2H3,(H2,23,26)(H,24,27). The molecule has 3 aromatic rings. The molecule has 0 aliphatic heterocycles. The molecule has 0 bridgehead atoms. The van der Waals surface area contributed by atoms with Gasteiger partial charge in [0.1, 0.15) is 0 Å². The average molecular weight is 423 g/mol. The smallest absolute Gasteiger partial charge is 0.264 e. The summed E-state index contributed by atoms with van der Waals surface area (Å²) in [5.41, 5.74) is 7.80. The maximum Gasteiger partial charge on any atom is 0.264 e. The van der Waals surface area contributed by atoms with Gasteiger partial charge < -0.3 is 11.1 Å². The van der Waals surface area contributed by atoms with Crippen LogP contribution in [0.3, 0.4) is 0 Å². The molecule has 0 fully saturated rings. The number of rotatable bonds is 6. The molecule has 0 aliphatic rings. The third kappa shape index (κ3) is 4.49. The van der Waals surface area contributed by atoms with Crippen molar-refractivity contribution in [1.29, 1.82) is 0 Å². The summed E-state index contributed by atoms with van der Waals surface area (Å²) < 4.78 is 26.8. The van der Waals surface area contributed by atoms with Gasteiger partial charge >= 0.3 is 0 Å². The fraction of sp³-hybridized carbons (Fsp3) is 0.0909. The minimum atomic E-state index is -3.71. The molecular weight excluding hydrogens is 402 g/mol. The summed E-state index contributed by atoms with van der Waals surface area (Å²) in [5, 5.41) is 2.71. The molecule has 7 nitrogen and oxygen atoms in total. The average Bonchev–Trinajstić information content (AvgIpc) is 2.74. The summed E-state index contributed by atoms with van der Waals surface area (Å²) in [7, 11) is -2.24. The van der Waals surface area contributed by atoms with Gasteiger partial charge in [0.25, 0.3) is 15.9 Å². The van der Waals surface area contributed by atoms with E-state index >= 15 is 0 Å². The van der Waals surface area contributed by atoms with Crippen molar-refractivity contribution >= 4 is 33.2 Å². The molecule has 8 heteroatoms. The van der Waals surface area contributed by atoms with Crippen LogP contribution in [0.15, 0.2) is 77.7 Å². The van der Waals surface area contributed by atoms with E-state index in [0.29, 0.717) is 22.5 Å². The van der Waals surface area contributed by atoms with E-state index in [2.05, 4.69) is 5.32 Å². The third-order valence-electron chi connectivity index (χ3n) is 4.60. The number of hydrogen-bond acceptors (Lipinski definition) is 4. The number of sulfonamides is 1. The van der Waals surface area contributed by atoms with Gasteiger partial charge in [-0.05, 0) is 67.6 Å². The molecular formula is C22H21N3O4S. The first-order valence-corrected chi connectivity index (χ1v) is 10.5. The molecule has 3 rings (SSSR count). The molecule has 0 radical (unpaired) electrons. The molecule has 2 amide bonds. The monoisotopic (exact) mass is 423 g/mol. The molecule has 30 heavy (non-hydrogen) atoms. The molecule has 0 atom stereocenters. The first-order valence-electron chi connectivity index (χ1n) is 9.05. The van der Waals surface area contributed by atoms with Gasteiger partial charge in [-0.3, -0.25) is 13.9 Å². The van der Waals surface area contributed by atoms with Crippen LogP contribution >= 0.6 is 0 Å². The minimum absolute atomic E-state index is 0.192. The SMILES string of the molecule is Cc1ccc(S(=O)(=O)N(C)c2ccc(C(=O)Nc3ccc(C(N)=O)cc3)cc2)cc1. The predicted octanol–water partition coefficient (Wildman–Crippen LogP) is 3.17. The fourth-order valence-electron chi connectivity index (χ4n) is 2.75. The number of carbonyl (C=O) groups excluding carboxylic acids is 2. The number of nitrogens with two attached hydrogens (primary N) is 1. The summed E-state index contributed by atoms with van der Waals surface area (Å²) >= 11 is 0. The molecule has 0 aromatic heterocycles. The molecule has 0 spiro atoms. The van der Waals surface area contributed by atoms with Crippen molar-refractivity contribution < 1.29 is 18.0 Å². The van der Waals surface area contributed by atoms with E-state index in [1.165, 1.54) is 23.5 Å². The van der Waals surface area contributed by atoms with Gasteiger partial charge in [0.05, 0.1) is 10.6 Å². The van der Waals surface area contributed by atoms with Crippen LogP contribution in [0.2, 0.25) is 0 Å². The Morgan fingerprint density at radius 2 is 1.37 bits per heavy atom. The van der Waals surface area contributed by atoms with Crippen molar-refractivity contribution in [3.63, 3.8) is 0 Å². The first-order chi connectivity index (χ1) is 14.2. The van der Waals surface area contributed by atoms with Crippen molar-refractivity contribution in [3.8, 4) is 0 Å². The Kier molecular flexibility index (Phi) is 5.89. The topological polar surface area (TPSA) is 110 Å². The van der Waals surface area contributed by atoms with Crippen molar-refractivity contribution in [2.45, 2.75) is 11.8 Å².